The van der Waals surface area contributed by atoms with Crippen LogP contribution in [0.25, 0.3) is 0 Å². The summed E-state index contributed by atoms with van der Waals surface area (Å²) in [5.74, 6) is -0.319. The van der Waals surface area contributed by atoms with Gasteiger partial charge in [0.2, 0.25) is 5.91 Å². The summed E-state index contributed by atoms with van der Waals surface area (Å²) in [4.78, 5) is 36.9. The maximum atomic E-state index is 12.2. The number of nitrogens with zero attached hydrogens (tertiary/aromatic N) is 1. The second-order valence-corrected chi connectivity index (χ2v) is 6.36. The highest BCUT2D eigenvalue weighted by Crippen LogP contribution is 2.24. The second-order valence-electron chi connectivity index (χ2n) is 6.36. The molecule has 22 heavy (non-hydrogen) atoms. The lowest BCUT2D eigenvalue weighted by molar-refractivity contribution is -0.127. The molecule has 1 heterocycles. The van der Waals surface area contributed by atoms with Crippen LogP contribution in [0.5, 0.6) is 0 Å². The lowest BCUT2D eigenvalue weighted by atomic mass is 9.84. The highest BCUT2D eigenvalue weighted by Gasteiger charge is 2.46. The first kappa shape index (κ1) is 18.7. The molecule has 0 aromatic rings. The van der Waals surface area contributed by atoms with Gasteiger partial charge in [-0.15, -0.1) is 12.4 Å². The summed E-state index contributed by atoms with van der Waals surface area (Å²) < 4.78 is 0. The standard InChI is InChI=1S/C14H24N4O3.ClH/c1-14(2)12(20)17-13(21)18(14)8-11(19)16-10-6-4-3-5-9(10)7-15;/h9-10H,3-8,15H2,1-2H3,(H,16,19)(H,17,20,21);1H. The number of nitrogens with one attached hydrogen (secondary N) is 2. The third kappa shape index (κ3) is 3.70. The largest absolute Gasteiger partial charge is 0.352 e. The van der Waals surface area contributed by atoms with Crippen molar-refractivity contribution in [2.24, 2.45) is 11.7 Å². The van der Waals surface area contributed by atoms with E-state index in [1.54, 1.807) is 13.8 Å². The molecule has 0 spiro atoms. The van der Waals surface area contributed by atoms with Crippen molar-refractivity contribution in [1.29, 1.82) is 0 Å². The Morgan fingerprint density at radius 1 is 1.36 bits per heavy atom. The number of hydrogen-bond acceptors (Lipinski definition) is 4. The van der Waals surface area contributed by atoms with Crippen LogP contribution in [0.4, 0.5) is 4.79 Å². The third-order valence-electron chi connectivity index (χ3n) is 4.56. The smallest absolute Gasteiger partial charge is 0.325 e. The van der Waals surface area contributed by atoms with Crippen LogP contribution in [0.15, 0.2) is 0 Å². The van der Waals surface area contributed by atoms with Crippen molar-refractivity contribution in [3.63, 3.8) is 0 Å². The van der Waals surface area contributed by atoms with Gasteiger partial charge in [0.05, 0.1) is 0 Å². The van der Waals surface area contributed by atoms with Gasteiger partial charge in [-0.3, -0.25) is 14.9 Å². The van der Waals surface area contributed by atoms with Gasteiger partial charge in [0, 0.05) is 6.04 Å². The fourth-order valence-corrected chi connectivity index (χ4v) is 3.04. The van der Waals surface area contributed by atoms with Gasteiger partial charge in [-0.25, -0.2) is 4.79 Å². The van der Waals surface area contributed by atoms with E-state index < -0.39 is 11.6 Å². The molecule has 4 amide bonds. The summed E-state index contributed by atoms with van der Waals surface area (Å²) in [7, 11) is 0. The summed E-state index contributed by atoms with van der Waals surface area (Å²) in [6, 6.07) is -0.445. The lowest BCUT2D eigenvalue weighted by Gasteiger charge is -2.33. The highest BCUT2D eigenvalue weighted by atomic mass is 35.5. The predicted octanol–water partition coefficient (Wildman–Crippen LogP) is 0.372. The molecular formula is C14H25ClN4O3. The molecule has 0 aromatic heterocycles. The number of urea groups is 1. The monoisotopic (exact) mass is 332 g/mol. The number of halogens is 1. The predicted molar refractivity (Wildman–Crippen MR) is 84.5 cm³/mol. The van der Waals surface area contributed by atoms with Gasteiger partial charge in [-0.1, -0.05) is 12.8 Å². The number of imide groups is 1. The molecule has 2 unspecified atom stereocenters. The van der Waals surface area contributed by atoms with Crippen molar-refractivity contribution >= 4 is 30.3 Å². The van der Waals surface area contributed by atoms with Crippen molar-refractivity contribution in [2.45, 2.75) is 51.1 Å². The zero-order valence-corrected chi connectivity index (χ0v) is 13.9. The van der Waals surface area contributed by atoms with Crippen LogP contribution in [0.1, 0.15) is 39.5 Å². The highest BCUT2D eigenvalue weighted by molar-refractivity contribution is 6.07. The Morgan fingerprint density at radius 3 is 2.55 bits per heavy atom. The Hall–Kier alpha value is -1.34. The number of carbonyl (C=O) groups is 3. The van der Waals surface area contributed by atoms with Crippen molar-refractivity contribution in [3.8, 4) is 0 Å². The quantitative estimate of drug-likeness (QED) is 0.647. The van der Waals surface area contributed by atoms with E-state index in [0.29, 0.717) is 12.5 Å². The SMILES string of the molecule is CC1(C)C(=O)NC(=O)N1CC(=O)NC1CCCCC1CN.Cl. The minimum atomic E-state index is -0.992. The topological polar surface area (TPSA) is 105 Å². The van der Waals surface area contributed by atoms with Crippen LogP contribution in [-0.4, -0.2) is 47.4 Å². The molecular weight excluding hydrogens is 308 g/mol. The van der Waals surface area contributed by atoms with E-state index >= 15 is 0 Å². The molecule has 2 atom stereocenters. The fraction of sp³-hybridized carbons (Fsp3) is 0.786. The van der Waals surface area contributed by atoms with Crippen LogP contribution in [0.3, 0.4) is 0 Å². The van der Waals surface area contributed by atoms with Crippen LogP contribution in [0.2, 0.25) is 0 Å². The molecule has 2 rings (SSSR count). The molecule has 1 saturated heterocycles. The summed E-state index contributed by atoms with van der Waals surface area (Å²) in [6.07, 6.45) is 4.16. The number of rotatable bonds is 4. The lowest BCUT2D eigenvalue weighted by Crippen LogP contribution is -2.52. The normalized spacial score (nSPS) is 27.1. The molecule has 8 heteroatoms. The average molecular weight is 333 g/mol. The molecule has 7 nitrogen and oxygen atoms in total. The molecule has 1 aliphatic heterocycles. The van der Waals surface area contributed by atoms with Crippen LogP contribution in [0, 0.1) is 5.92 Å². The van der Waals surface area contributed by atoms with Gasteiger partial charge >= 0.3 is 6.03 Å². The zero-order valence-electron chi connectivity index (χ0n) is 13.1. The Morgan fingerprint density at radius 2 is 2.00 bits per heavy atom. The van der Waals surface area contributed by atoms with E-state index in [1.165, 1.54) is 4.90 Å². The van der Waals surface area contributed by atoms with Crippen LogP contribution in [-0.2, 0) is 9.59 Å². The van der Waals surface area contributed by atoms with Crippen molar-refractivity contribution in [3.05, 3.63) is 0 Å². The van der Waals surface area contributed by atoms with Gasteiger partial charge in [-0.2, -0.15) is 0 Å². The molecule has 4 N–H and O–H groups in total. The van der Waals surface area contributed by atoms with Gasteiger partial charge < -0.3 is 16.0 Å². The molecule has 126 valence electrons. The molecule has 0 radical (unpaired) electrons. The first-order chi connectivity index (χ1) is 9.86. The Balaban J connectivity index is 0.00000242. The maximum Gasteiger partial charge on any atom is 0.325 e. The summed E-state index contributed by atoms with van der Waals surface area (Å²) in [5, 5.41) is 5.20. The van der Waals surface area contributed by atoms with Crippen LogP contribution < -0.4 is 16.4 Å². The van der Waals surface area contributed by atoms with E-state index in [2.05, 4.69) is 10.6 Å². The Labute approximate surface area is 136 Å². The van der Waals surface area contributed by atoms with Crippen molar-refractivity contribution < 1.29 is 14.4 Å². The van der Waals surface area contributed by atoms with Crippen molar-refractivity contribution in [2.75, 3.05) is 13.1 Å². The first-order valence-electron chi connectivity index (χ1n) is 7.48. The average Bonchev–Trinajstić information content (AvgIpc) is 2.62. The van der Waals surface area contributed by atoms with Crippen LogP contribution >= 0.6 is 12.4 Å². The molecule has 0 aromatic carbocycles. The van der Waals surface area contributed by atoms with E-state index in [4.69, 9.17) is 5.73 Å². The number of amides is 4. The van der Waals surface area contributed by atoms with Gasteiger partial charge in [0.15, 0.2) is 0 Å². The van der Waals surface area contributed by atoms with Gasteiger partial charge in [0.1, 0.15) is 12.1 Å². The summed E-state index contributed by atoms with van der Waals surface area (Å²) in [5.41, 5.74) is 4.75. The fourth-order valence-electron chi connectivity index (χ4n) is 3.04. The number of hydrogen-bond donors (Lipinski definition) is 3. The summed E-state index contributed by atoms with van der Waals surface area (Å²) in [6.45, 7) is 3.70. The minimum Gasteiger partial charge on any atom is -0.352 e. The first-order valence-corrected chi connectivity index (χ1v) is 7.48. The molecule has 2 aliphatic rings. The third-order valence-corrected chi connectivity index (χ3v) is 4.56. The van der Waals surface area contributed by atoms with Gasteiger partial charge in [0.25, 0.3) is 5.91 Å². The Bertz CT molecular complexity index is 455. The summed E-state index contributed by atoms with van der Waals surface area (Å²) >= 11 is 0. The Kier molecular flexibility index (Phi) is 6.19. The van der Waals surface area contributed by atoms with Crippen molar-refractivity contribution in [1.82, 2.24) is 15.5 Å². The van der Waals surface area contributed by atoms with E-state index in [-0.39, 0.29) is 36.8 Å². The van der Waals surface area contributed by atoms with E-state index in [1.807, 2.05) is 0 Å². The number of carbonyl (C=O) groups excluding carboxylic acids is 3. The van der Waals surface area contributed by atoms with E-state index in [9.17, 15) is 14.4 Å². The second kappa shape index (κ2) is 7.28. The molecule has 2 fully saturated rings. The zero-order chi connectivity index (χ0) is 15.6. The maximum absolute atomic E-state index is 12.2. The van der Waals surface area contributed by atoms with Gasteiger partial charge in [-0.05, 0) is 39.2 Å². The minimum absolute atomic E-state index is 0. The number of nitrogens with two attached hydrogens (primary N) is 1. The van der Waals surface area contributed by atoms with E-state index in [0.717, 1.165) is 25.7 Å². The molecule has 1 saturated carbocycles. The molecule has 0 bridgehead atoms. The molecule has 1 aliphatic carbocycles.